The Bertz CT molecular complexity index is 297. The monoisotopic (exact) mass is 290 g/mol. The van der Waals surface area contributed by atoms with Crippen LogP contribution in [0.4, 0.5) is 0 Å². The van der Waals surface area contributed by atoms with Gasteiger partial charge in [0.05, 0.1) is 5.56 Å². The molecule has 1 aromatic carbocycles. The molecule has 0 N–H and O–H groups in total. The van der Waals surface area contributed by atoms with Gasteiger partial charge in [-0.2, -0.15) is 0 Å². The summed E-state index contributed by atoms with van der Waals surface area (Å²) >= 11 is 1.60. The van der Waals surface area contributed by atoms with Gasteiger partial charge in [-0.1, -0.05) is 25.5 Å². The van der Waals surface area contributed by atoms with Gasteiger partial charge in [0, 0.05) is 0 Å². The van der Waals surface area contributed by atoms with Crippen molar-refractivity contribution >= 4 is 29.0 Å². The SMILES string of the molecule is CCCc1cccc(C(=O)OI)c1. The fourth-order valence-electron chi connectivity index (χ4n) is 1.19. The van der Waals surface area contributed by atoms with Gasteiger partial charge in [-0.3, -0.25) is 0 Å². The number of hydrogen-bond acceptors (Lipinski definition) is 2. The lowest BCUT2D eigenvalue weighted by molar-refractivity contribution is 0.0800. The maximum atomic E-state index is 11.1. The van der Waals surface area contributed by atoms with Crippen molar-refractivity contribution in [3.63, 3.8) is 0 Å². The van der Waals surface area contributed by atoms with E-state index >= 15 is 0 Å². The van der Waals surface area contributed by atoms with Gasteiger partial charge in [0.25, 0.3) is 0 Å². The lowest BCUT2D eigenvalue weighted by Crippen LogP contribution is -1.98. The van der Waals surface area contributed by atoms with E-state index in [1.165, 1.54) is 5.56 Å². The molecule has 1 rings (SSSR count). The third-order valence-electron chi connectivity index (χ3n) is 1.77. The van der Waals surface area contributed by atoms with E-state index in [-0.39, 0.29) is 5.97 Å². The van der Waals surface area contributed by atoms with Gasteiger partial charge >= 0.3 is 5.97 Å². The van der Waals surface area contributed by atoms with E-state index in [0.717, 1.165) is 12.8 Å². The summed E-state index contributed by atoms with van der Waals surface area (Å²) in [6.07, 6.45) is 2.09. The van der Waals surface area contributed by atoms with Crippen LogP contribution in [0.5, 0.6) is 0 Å². The van der Waals surface area contributed by atoms with E-state index < -0.39 is 0 Å². The molecule has 2 nitrogen and oxygen atoms in total. The van der Waals surface area contributed by atoms with E-state index in [2.05, 4.69) is 9.99 Å². The topological polar surface area (TPSA) is 26.3 Å². The van der Waals surface area contributed by atoms with Crippen molar-refractivity contribution in [1.29, 1.82) is 0 Å². The van der Waals surface area contributed by atoms with E-state index in [4.69, 9.17) is 0 Å². The first-order valence-electron chi connectivity index (χ1n) is 4.19. The highest BCUT2D eigenvalue weighted by atomic mass is 127. The number of aryl methyl sites for hydroxylation is 1. The Morgan fingerprint density at radius 1 is 1.54 bits per heavy atom. The van der Waals surface area contributed by atoms with Crippen molar-refractivity contribution in [3.8, 4) is 0 Å². The van der Waals surface area contributed by atoms with Gasteiger partial charge < -0.3 is 3.07 Å². The molecule has 0 fully saturated rings. The molecule has 0 radical (unpaired) electrons. The van der Waals surface area contributed by atoms with Gasteiger partial charge in [-0.15, -0.1) is 0 Å². The predicted octanol–water partition coefficient (Wildman–Crippen LogP) is 3.15. The highest BCUT2D eigenvalue weighted by Crippen LogP contribution is 2.09. The van der Waals surface area contributed by atoms with E-state index in [1.807, 2.05) is 18.2 Å². The first kappa shape index (κ1) is 10.5. The van der Waals surface area contributed by atoms with Crippen LogP contribution in [0.2, 0.25) is 0 Å². The van der Waals surface area contributed by atoms with Crippen molar-refractivity contribution in [1.82, 2.24) is 0 Å². The molecular weight excluding hydrogens is 279 g/mol. The van der Waals surface area contributed by atoms with Crippen LogP contribution >= 0.6 is 23.0 Å². The van der Waals surface area contributed by atoms with Crippen LogP contribution < -0.4 is 0 Å². The molecule has 0 aliphatic heterocycles. The lowest BCUT2D eigenvalue weighted by atomic mass is 10.1. The zero-order valence-electron chi connectivity index (χ0n) is 7.42. The molecule has 0 unspecified atom stereocenters. The highest BCUT2D eigenvalue weighted by molar-refractivity contribution is 14.1. The van der Waals surface area contributed by atoms with E-state index in [9.17, 15) is 4.79 Å². The van der Waals surface area contributed by atoms with Crippen molar-refractivity contribution in [2.45, 2.75) is 19.8 Å². The van der Waals surface area contributed by atoms with Crippen LogP contribution in [0, 0.1) is 0 Å². The molecule has 13 heavy (non-hydrogen) atoms. The smallest absolute Gasteiger partial charge is 0.347 e. The molecule has 70 valence electrons. The van der Waals surface area contributed by atoms with Crippen LogP contribution in [0.1, 0.15) is 29.3 Å². The van der Waals surface area contributed by atoms with Crippen LogP contribution in [0.25, 0.3) is 0 Å². The normalized spacial score (nSPS) is 9.69. The minimum atomic E-state index is -0.279. The molecule has 0 saturated carbocycles. The molecule has 0 aromatic heterocycles. The quantitative estimate of drug-likeness (QED) is 0.799. The number of hydrogen-bond donors (Lipinski definition) is 0. The number of benzene rings is 1. The number of carbonyl (C=O) groups is 1. The van der Waals surface area contributed by atoms with Gasteiger partial charge in [-0.25, -0.2) is 4.79 Å². The Kier molecular flexibility index (Phi) is 4.21. The second kappa shape index (κ2) is 5.21. The summed E-state index contributed by atoms with van der Waals surface area (Å²) in [4.78, 5) is 11.1. The van der Waals surface area contributed by atoms with Gasteiger partial charge in [0.15, 0.2) is 23.0 Å². The second-order valence-electron chi connectivity index (χ2n) is 2.81. The molecule has 0 aliphatic carbocycles. The Labute approximate surface area is 92.0 Å². The molecule has 0 amide bonds. The van der Waals surface area contributed by atoms with E-state index in [0.29, 0.717) is 5.56 Å². The van der Waals surface area contributed by atoms with Crippen molar-refractivity contribution in [3.05, 3.63) is 35.4 Å². The predicted molar refractivity (Wildman–Crippen MR) is 59.9 cm³/mol. The van der Waals surface area contributed by atoms with Crippen LogP contribution in [-0.2, 0) is 9.49 Å². The number of halogens is 1. The fraction of sp³-hybridized carbons (Fsp3) is 0.300. The fourth-order valence-corrected chi connectivity index (χ4v) is 1.44. The Morgan fingerprint density at radius 3 is 2.92 bits per heavy atom. The van der Waals surface area contributed by atoms with E-state index in [1.54, 1.807) is 29.1 Å². The number of carbonyl (C=O) groups excluding carboxylic acids is 1. The summed E-state index contributed by atoms with van der Waals surface area (Å²) < 4.78 is 4.60. The minimum absolute atomic E-state index is 0.279. The molecule has 0 heterocycles. The Balaban J connectivity index is 2.85. The summed E-state index contributed by atoms with van der Waals surface area (Å²) in [5.74, 6) is -0.279. The largest absolute Gasteiger partial charge is 0.391 e. The van der Waals surface area contributed by atoms with Crippen LogP contribution in [-0.4, -0.2) is 5.97 Å². The molecule has 0 atom stereocenters. The van der Waals surface area contributed by atoms with Gasteiger partial charge in [0.1, 0.15) is 0 Å². The highest BCUT2D eigenvalue weighted by Gasteiger charge is 2.05. The zero-order valence-corrected chi connectivity index (χ0v) is 9.58. The summed E-state index contributed by atoms with van der Waals surface area (Å²) in [5, 5.41) is 0. The minimum Gasteiger partial charge on any atom is -0.391 e. The molecule has 3 heteroatoms. The first-order valence-corrected chi connectivity index (χ1v) is 5.08. The van der Waals surface area contributed by atoms with Crippen molar-refractivity contribution in [2.75, 3.05) is 0 Å². The van der Waals surface area contributed by atoms with Crippen LogP contribution in [0.3, 0.4) is 0 Å². The van der Waals surface area contributed by atoms with Gasteiger partial charge in [0.2, 0.25) is 0 Å². The zero-order chi connectivity index (χ0) is 9.68. The third-order valence-corrected chi connectivity index (χ3v) is 2.17. The summed E-state index contributed by atoms with van der Waals surface area (Å²) in [6.45, 7) is 2.11. The lowest BCUT2D eigenvalue weighted by Gasteiger charge is -2.00. The molecule has 0 aliphatic rings. The second-order valence-corrected chi connectivity index (χ2v) is 3.26. The third kappa shape index (κ3) is 2.99. The Hall–Kier alpha value is -0.580. The van der Waals surface area contributed by atoms with Crippen molar-refractivity contribution < 1.29 is 7.86 Å². The molecule has 1 aromatic rings. The molecule has 0 bridgehead atoms. The molecular formula is C10H11IO2. The maximum absolute atomic E-state index is 11.1. The maximum Gasteiger partial charge on any atom is 0.347 e. The number of rotatable bonds is 3. The average molecular weight is 290 g/mol. The van der Waals surface area contributed by atoms with Gasteiger partial charge in [-0.05, 0) is 24.1 Å². The summed E-state index contributed by atoms with van der Waals surface area (Å²) in [5.41, 5.74) is 1.81. The molecule has 0 spiro atoms. The summed E-state index contributed by atoms with van der Waals surface area (Å²) in [6, 6.07) is 7.55. The summed E-state index contributed by atoms with van der Waals surface area (Å²) in [7, 11) is 0. The molecule has 0 saturated heterocycles. The average Bonchev–Trinajstić information content (AvgIpc) is 2.18. The standard InChI is InChI=1S/C10H11IO2/c1-2-4-8-5-3-6-9(7-8)10(12)13-11/h3,5-7H,2,4H2,1H3. The van der Waals surface area contributed by atoms with Crippen molar-refractivity contribution in [2.24, 2.45) is 0 Å². The first-order chi connectivity index (χ1) is 6.27. The Morgan fingerprint density at radius 2 is 2.31 bits per heavy atom. The van der Waals surface area contributed by atoms with Crippen LogP contribution in [0.15, 0.2) is 24.3 Å².